The van der Waals surface area contributed by atoms with Gasteiger partial charge in [-0.2, -0.15) is 5.26 Å². The minimum Gasteiger partial charge on any atom is -0.497 e. The fourth-order valence-electron chi connectivity index (χ4n) is 5.46. The highest BCUT2D eigenvalue weighted by Gasteiger charge is 2.41. The van der Waals surface area contributed by atoms with Crippen LogP contribution in [0.3, 0.4) is 0 Å². The number of aryl methyl sites for hydroxylation is 1. The van der Waals surface area contributed by atoms with Crippen molar-refractivity contribution >= 4 is 23.1 Å². The summed E-state index contributed by atoms with van der Waals surface area (Å²) in [5.41, 5.74) is 12.8. The Balaban J connectivity index is 1.61. The first-order valence-electron chi connectivity index (χ1n) is 12.8. The molecule has 5 rings (SSSR count). The van der Waals surface area contributed by atoms with Gasteiger partial charge in [-0.3, -0.25) is 9.69 Å². The smallest absolute Gasteiger partial charge is 0.161 e. The number of aromatic nitrogens is 1. The number of carbonyl (C=O) groups excluding carboxylic acids is 1. The molecule has 0 fully saturated rings. The van der Waals surface area contributed by atoms with E-state index in [1.165, 1.54) is 0 Å². The van der Waals surface area contributed by atoms with Gasteiger partial charge in [-0.05, 0) is 79.8 Å². The summed E-state index contributed by atoms with van der Waals surface area (Å²) in [6.45, 7) is 4.34. The van der Waals surface area contributed by atoms with Gasteiger partial charge in [-0.15, -0.1) is 0 Å². The summed E-state index contributed by atoms with van der Waals surface area (Å²) < 4.78 is 11.3. The maximum absolute atomic E-state index is 13.5. The summed E-state index contributed by atoms with van der Waals surface area (Å²) in [4.78, 5) is 19.5. The summed E-state index contributed by atoms with van der Waals surface area (Å²) in [6, 6.07) is 17.4. The van der Waals surface area contributed by atoms with Crippen LogP contribution in [0.5, 0.6) is 11.5 Å². The number of halogens is 1. The first kappa shape index (κ1) is 26.3. The molecule has 198 valence electrons. The lowest BCUT2D eigenvalue weighted by Crippen LogP contribution is -2.39. The van der Waals surface area contributed by atoms with E-state index in [-0.39, 0.29) is 16.8 Å². The van der Waals surface area contributed by atoms with E-state index in [0.29, 0.717) is 48.5 Å². The van der Waals surface area contributed by atoms with Crippen molar-refractivity contribution in [1.29, 1.82) is 5.26 Å². The van der Waals surface area contributed by atoms with Gasteiger partial charge in [0.1, 0.15) is 23.9 Å². The number of nitrogens with two attached hydrogens (primary N) is 1. The van der Waals surface area contributed by atoms with Crippen LogP contribution < -0.4 is 20.1 Å². The van der Waals surface area contributed by atoms with Crippen molar-refractivity contribution in [3.8, 4) is 17.6 Å². The Hall–Kier alpha value is -4.28. The summed E-state index contributed by atoms with van der Waals surface area (Å²) in [5.74, 6) is 1.18. The quantitative estimate of drug-likeness (QED) is 0.369. The molecule has 0 saturated heterocycles. The predicted molar refractivity (Wildman–Crippen MR) is 150 cm³/mol. The molecule has 2 aliphatic rings. The largest absolute Gasteiger partial charge is 0.497 e. The zero-order valence-corrected chi connectivity index (χ0v) is 22.9. The highest BCUT2D eigenvalue weighted by molar-refractivity contribution is 6.32. The molecular weight excluding hydrogens is 512 g/mol. The predicted octanol–water partition coefficient (Wildman–Crippen LogP) is 6.24. The molecular formula is C31H29ClN4O3. The van der Waals surface area contributed by atoms with Gasteiger partial charge in [0.25, 0.3) is 0 Å². The molecule has 0 spiro atoms. The molecule has 39 heavy (non-hydrogen) atoms. The van der Waals surface area contributed by atoms with Gasteiger partial charge in [0, 0.05) is 23.9 Å². The van der Waals surface area contributed by atoms with Crippen LogP contribution in [0.2, 0.25) is 5.15 Å². The summed E-state index contributed by atoms with van der Waals surface area (Å²) in [5, 5.41) is 10.7. The van der Waals surface area contributed by atoms with Gasteiger partial charge in [0.2, 0.25) is 0 Å². The fraction of sp³-hybridized carbons (Fsp3) is 0.258. The second-order valence-electron chi connectivity index (χ2n) is 9.73. The van der Waals surface area contributed by atoms with E-state index in [4.69, 9.17) is 26.8 Å². The van der Waals surface area contributed by atoms with E-state index >= 15 is 0 Å². The van der Waals surface area contributed by atoms with E-state index in [1.54, 1.807) is 30.3 Å². The lowest BCUT2D eigenvalue weighted by Gasteiger charge is -2.40. The van der Waals surface area contributed by atoms with Crippen molar-refractivity contribution in [3.05, 3.63) is 105 Å². The number of methoxy groups -OCH3 is 1. The lowest BCUT2D eigenvalue weighted by molar-refractivity contribution is -0.116. The zero-order valence-electron chi connectivity index (χ0n) is 22.1. The molecule has 0 saturated carbocycles. The molecule has 0 bridgehead atoms. The first-order chi connectivity index (χ1) is 18.8. The number of carbonyl (C=O) groups is 1. The van der Waals surface area contributed by atoms with E-state index in [1.807, 2.05) is 44.2 Å². The Morgan fingerprint density at radius 3 is 2.59 bits per heavy atom. The Labute approximate surface area is 233 Å². The average molecular weight is 541 g/mol. The molecule has 2 N–H and O–H groups in total. The minimum absolute atomic E-state index is 0.0171. The van der Waals surface area contributed by atoms with E-state index in [9.17, 15) is 10.1 Å². The number of benzene rings is 2. The number of ketones is 1. The second-order valence-corrected chi connectivity index (χ2v) is 10.1. The molecule has 0 radical (unpaired) electrons. The van der Waals surface area contributed by atoms with Crippen molar-refractivity contribution in [3.63, 3.8) is 0 Å². The van der Waals surface area contributed by atoms with Crippen molar-refractivity contribution in [2.45, 2.75) is 45.6 Å². The molecule has 3 aromatic rings. The molecule has 2 heterocycles. The van der Waals surface area contributed by atoms with Gasteiger partial charge >= 0.3 is 0 Å². The average Bonchev–Trinajstić information content (AvgIpc) is 2.94. The van der Waals surface area contributed by atoms with Crippen LogP contribution in [-0.4, -0.2) is 17.9 Å². The molecule has 1 aliphatic carbocycles. The summed E-state index contributed by atoms with van der Waals surface area (Å²) in [6.07, 6.45) is 3.35. The minimum atomic E-state index is -0.580. The molecule has 0 amide bonds. The number of hydrogen-bond acceptors (Lipinski definition) is 7. The zero-order chi connectivity index (χ0) is 27.7. The van der Waals surface area contributed by atoms with Crippen LogP contribution in [0.4, 0.5) is 5.69 Å². The third kappa shape index (κ3) is 4.84. The third-order valence-corrected chi connectivity index (χ3v) is 7.65. The van der Waals surface area contributed by atoms with Gasteiger partial charge in [-0.25, -0.2) is 4.98 Å². The number of Topliss-reactive ketones (excluding diaryl/α,β-unsaturated/α-hetero) is 1. The maximum atomic E-state index is 13.5. The van der Waals surface area contributed by atoms with Crippen LogP contribution in [0, 0.1) is 25.2 Å². The number of rotatable bonds is 6. The number of pyridine rings is 1. The molecule has 2 aromatic carbocycles. The number of ether oxygens (including phenoxy) is 2. The topological polar surface area (TPSA) is 101 Å². The van der Waals surface area contributed by atoms with Crippen LogP contribution in [0.1, 0.15) is 47.4 Å². The Bertz CT molecular complexity index is 1550. The number of allylic oxidation sites excluding steroid dienone is 3. The lowest BCUT2D eigenvalue weighted by atomic mass is 9.73. The van der Waals surface area contributed by atoms with E-state index in [2.05, 4.69) is 17.1 Å². The molecule has 1 aromatic heterocycles. The Morgan fingerprint density at radius 2 is 1.90 bits per heavy atom. The molecule has 7 nitrogen and oxygen atoms in total. The number of nitriles is 1. The fourth-order valence-corrected chi connectivity index (χ4v) is 5.67. The first-order valence-corrected chi connectivity index (χ1v) is 13.1. The van der Waals surface area contributed by atoms with Crippen LogP contribution in [0.25, 0.3) is 0 Å². The number of anilines is 1. The molecule has 8 heteroatoms. The van der Waals surface area contributed by atoms with Crippen LogP contribution in [-0.2, 0) is 11.4 Å². The monoisotopic (exact) mass is 540 g/mol. The summed E-state index contributed by atoms with van der Waals surface area (Å²) in [7, 11) is 1.62. The van der Waals surface area contributed by atoms with Crippen molar-refractivity contribution in [2.24, 2.45) is 5.73 Å². The molecule has 1 unspecified atom stereocenters. The Morgan fingerprint density at radius 1 is 1.15 bits per heavy atom. The highest BCUT2D eigenvalue weighted by atomic mass is 35.5. The Kier molecular flexibility index (Phi) is 7.32. The number of hydrogen-bond donors (Lipinski definition) is 1. The van der Waals surface area contributed by atoms with Gasteiger partial charge in [0.05, 0.1) is 30.4 Å². The maximum Gasteiger partial charge on any atom is 0.161 e. The summed E-state index contributed by atoms with van der Waals surface area (Å²) >= 11 is 6.46. The SMILES string of the molecule is COc1ccc(OCc2cc(C)cc(C3C(C#N)=C(N)N(c4cccnc4Cl)C4=C3C(=O)CCC4)c2C)cc1. The third-order valence-electron chi connectivity index (χ3n) is 7.36. The molecule has 1 aliphatic heterocycles. The second kappa shape index (κ2) is 10.8. The normalized spacial score (nSPS) is 17.2. The van der Waals surface area contributed by atoms with Gasteiger partial charge < -0.3 is 15.2 Å². The van der Waals surface area contributed by atoms with Crippen LogP contribution >= 0.6 is 11.6 Å². The standard InChI is InChI=1S/C31H29ClN4O3/c1-18-14-20(17-39-22-11-9-21(38-3)10-12-22)19(2)23(15-18)28-24(16-33)31(34)36(26-7-5-13-35-30(26)32)25-6-4-8-27(37)29(25)28/h5,7,9-15,28H,4,6,8,17,34H2,1-3H3. The van der Waals surface area contributed by atoms with E-state index in [0.717, 1.165) is 33.7 Å². The van der Waals surface area contributed by atoms with Gasteiger partial charge in [-0.1, -0.05) is 29.3 Å². The van der Waals surface area contributed by atoms with Gasteiger partial charge in [0.15, 0.2) is 10.9 Å². The van der Waals surface area contributed by atoms with Crippen molar-refractivity contribution in [1.82, 2.24) is 4.98 Å². The van der Waals surface area contributed by atoms with Crippen LogP contribution in [0.15, 0.2) is 77.4 Å². The molecule has 1 atom stereocenters. The number of nitrogens with zero attached hydrogens (tertiary/aromatic N) is 3. The van der Waals surface area contributed by atoms with E-state index < -0.39 is 5.92 Å². The van der Waals surface area contributed by atoms with Crippen molar-refractivity contribution in [2.75, 3.05) is 12.0 Å². The highest BCUT2D eigenvalue weighted by Crippen LogP contribution is 2.48. The van der Waals surface area contributed by atoms with Crippen molar-refractivity contribution < 1.29 is 14.3 Å².